The number of halogens is 1. The lowest BCUT2D eigenvalue weighted by molar-refractivity contribution is -0.133. The molecule has 0 bridgehead atoms. The Morgan fingerprint density at radius 2 is 1.90 bits per heavy atom. The number of rotatable bonds is 5. The Morgan fingerprint density at radius 1 is 1.14 bits per heavy atom. The van der Waals surface area contributed by atoms with Gasteiger partial charge in [0.1, 0.15) is 12.3 Å². The Balaban J connectivity index is 1.38. The van der Waals surface area contributed by atoms with E-state index >= 15 is 0 Å². The van der Waals surface area contributed by atoms with Gasteiger partial charge in [0.25, 0.3) is 0 Å². The summed E-state index contributed by atoms with van der Waals surface area (Å²) in [6, 6.07) is 13.0. The number of fused-ring (bicyclic) bond motifs is 1. The van der Waals surface area contributed by atoms with Gasteiger partial charge < -0.3 is 14.6 Å². The molecule has 2 aromatic carbocycles. The van der Waals surface area contributed by atoms with Crippen molar-refractivity contribution in [2.24, 2.45) is 0 Å². The first-order valence-corrected chi connectivity index (χ1v) is 9.93. The summed E-state index contributed by atoms with van der Waals surface area (Å²) >= 11 is 6.12. The fraction of sp³-hybridized carbons (Fsp3) is 0.333. The van der Waals surface area contributed by atoms with Crippen LogP contribution in [0.5, 0.6) is 5.75 Å². The highest BCUT2D eigenvalue weighted by atomic mass is 35.5. The Kier molecular flexibility index (Phi) is 5.60. The summed E-state index contributed by atoms with van der Waals surface area (Å²) in [6.07, 6.45) is 0. The van der Waals surface area contributed by atoms with Crippen LogP contribution in [0.1, 0.15) is 5.56 Å². The maximum atomic E-state index is 12.8. The normalized spacial score (nSPS) is 15.0. The molecular formula is C21H23ClN4O3. The van der Waals surface area contributed by atoms with E-state index in [0.717, 1.165) is 35.4 Å². The average molecular weight is 415 g/mol. The molecule has 0 saturated carbocycles. The number of benzene rings is 2. The Hall–Kier alpha value is -2.77. The SMILES string of the molecule is COc1ccc(Cl)cc1CN1CCN(C(=O)Cn2c(=O)[nH]c3ccccc32)CC1. The highest BCUT2D eigenvalue weighted by molar-refractivity contribution is 6.30. The van der Waals surface area contributed by atoms with Crippen molar-refractivity contribution in [3.8, 4) is 5.75 Å². The molecule has 1 aliphatic rings. The highest BCUT2D eigenvalue weighted by Crippen LogP contribution is 2.24. The second-order valence-electron chi connectivity index (χ2n) is 7.15. The van der Waals surface area contributed by atoms with Crippen molar-refractivity contribution >= 4 is 28.5 Å². The van der Waals surface area contributed by atoms with Crippen molar-refractivity contribution in [1.29, 1.82) is 0 Å². The van der Waals surface area contributed by atoms with Gasteiger partial charge in [0.2, 0.25) is 5.91 Å². The molecule has 0 radical (unpaired) electrons. The molecule has 1 amide bonds. The summed E-state index contributed by atoms with van der Waals surface area (Å²) < 4.78 is 6.92. The standard InChI is InChI=1S/C21H23ClN4O3/c1-29-19-7-6-16(22)12-15(19)13-24-8-10-25(11-9-24)20(27)14-26-18-5-3-2-4-17(18)23-21(26)28/h2-7,12H,8-11,13-14H2,1H3,(H,23,28). The average Bonchev–Trinajstić information content (AvgIpc) is 3.04. The third-order valence-electron chi connectivity index (χ3n) is 5.34. The first kappa shape index (κ1) is 19.5. The third-order valence-corrected chi connectivity index (χ3v) is 5.57. The molecule has 152 valence electrons. The summed E-state index contributed by atoms with van der Waals surface area (Å²) in [5.41, 5.74) is 2.26. The number of methoxy groups -OCH3 is 1. The zero-order valence-electron chi connectivity index (χ0n) is 16.2. The van der Waals surface area contributed by atoms with Crippen LogP contribution in [0.4, 0.5) is 0 Å². The van der Waals surface area contributed by atoms with Crippen LogP contribution in [0.2, 0.25) is 5.02 Å². The van der Waals surface area contributed by atoms with E-state index in [1.54, 1.807) is 7.11 Å². The molecule has 1 fully saturated rings. The molecule has 0 atom stereocenters. The van der Waals surface area contributed by atoms with Gasteiger partial charge in [-0.2, -0.15) is 0 Å². The van der Waals surface area contributed by atoms with E-state index in [0.29, 0.717) is 24.7 Å². The zero-order chi connectivity index (χ0) is 20.4. The van der Waals surface area contributed by atoms with Crippen LogP contribution in [0.25, 0.3) is 11.0 Å². The smallest absolute Gasteiger partial charge is 0.326 e. The van der Waals surface area contributed by atoms with Gasteiger partial charge >= 0.3 is 5.69 Å². The van der Waals surface area contributed by atoms with Crippen LogP contribution >= 0.6 is 11.6 Å². The molecule has 7 nitrogen and oxygen atoms in total. The van der Waals surface area contributed by atoms with Crippen LogP contribution < -0.4 is 10.4 Å². The maximum Gasteiger partial charge on any atom is 0.326 e. The lowest BCUT2D eigenvalue weighted by Crippen LogP contribution is -2.49. The summed E-state index contributed by atoms with van der Waals surface area (Å²) in [4.78, 5) is 31.9. The predicted octanol–water partition coefficient (Wildman–Crippen LogP) is 2.34. The molecule has 2 heterocycles. The monoisotopic (exact) mass is 414 g/mol. The number of carbonyl (C=O) groups is 1. The van der Waals surface area contributed by atoms with E-state index in [9.17, 15) is 9.59 Å². The van der Waals surface area contributed by atoms with E-state index in [2.05, 4.69) is 9.88 Å². The molecule has 29 heavy (non-hydrogen) atoms. The molecule has 3 aromatic rings. The van der Waals surface area contributed by atoms with Gasteiger partial charge in [-0.1, -0.05) is 23.7 Å². The Morgan fingerprint density at radius 3 is 2.66 bits per heavy atom. The number of nitrogens with one attached hydrogen (secondary N) is 1. The number of carbonyl (C=O) groups excluding carboxylic acids is 1. The molecule has 4 rings (SSSR count). The van der Waals surface area contributed by atoms with Crippen LogP contribution in [0.3, 0.4) is 0 Å². The van der Waals surface area contributed by atoms with Crippen molar-refractivity contribution in [2.75, 3.05) is 33.3 Å². The number of imidazole rings is 1. The number of para-hydroxylation sites is 2. The summed E-state index contributed by atoms with van der Waals surface area (Å²) in [5, 5.41) is 0.679. The molecule has 1 saturated heterocycles. The summed E-state index contributed by atoms with van der Waals surface area (Å²) in [7, 11) is 1.65. The summed E-state index contributed by atoms with van der Waals surface area (Å²) in [6.45, 7) is 3.52. The van der Waals surface area contributed by atoms with Gasteiger partial charge in [0.05, 0.1) is 18.1 Å². The van der Waals surface area contributed by atoms with Crippen LogP contribution in [0.15, 0.2) is 47.3 Å². The summed E-state index contributed by atoms with van der Waals surface area (Å²) in [5.74, 6) is 0.767. The molecule has 8 heteroatoms. The molecule has 0 spiro atoms. The van der Waals surface area contributed by atoms with Crippen LogP contribution in [-0.2, 0) is 17.9 Å². The van der Waals surface area contributed by atoms with Gasteiger partial charge in [0.15, 0.2) is 0 Å². The van der Waals surface area contributed by atoms with Gasteiger partial charge in [-0.05, 0) is 30.3 Å². The van der Waals surface area contributed by atoms with Gasteiger partial charge in [-0.15, -0.1) is 0 Å². The lowest BCUT2D eigenvalue weighted by Gasteiger charge is -2.35. The minimum atomic E-state index is -0.258. The van der Waals surface area contributed by atoms with Crippen molar-refractivity contribution < 1.29 is 9.53 Å². The molecule has 1 aromatic heterocycles. The number of amides is 1. The number of H-pyrrole nitrogens is 1. The fourth-order valence-corrected chi connectivity index (χ4v) is 3.96. The number of nitrogens with zero attached hydrogens (tertiary/aromatic N) is 3. The Bertz CT molecular complexity index is 1080. The van der Waals surface area contributed by atoms with E-state index in [1.165, 1.54) is 4.57 Å². The van der Waals surface area contributed by atoms with Gasteiger partial charge in [-0.3, -0.25) is 14.3 Å². The van der Waals surface area contributed by atoms with E-state index in [-0.39, 0.29) is 18.1 Å². The van der Waals surface area contributed by atoms with E-state index < -0.39 is 0 Å². The molecule has 0 unspecified atom stereocenters. The topological polar surface area (TPSA) is 70.6 Å². The number of hydrogen-bond donors (Lipinski definition) is 1. The number of aromatic nitrogens is 2. The minimum Gasteiger partial charge on any atom is -0.496 e. The predicted molar refractivity (Wildman–Crippen MR) is 112 cm³/mol. The number of hydrogen-bond acceptors (Lipinski definition) is 4. The third kappa shape index (κ3) is 4.16. The number of ether oxygens (including phenoxy) is 1. The number of piperazine rings is 1. The lowest BCUT2D eigenvalue weighted by atomic mass is 10.1. The molecular weight excluding hydrogens is 392 g/mol. The van der Waals surface area contributed by atoms with Crippen LogP contribution in [0, 0.1) is 0 Å². The van der Waals surface area contributed by atoms with E-state index in [1.807, 2.05) is 47.4 Å². The fourth-order valence-electron chi connectivity index (χ4n) is 3.77. The minimum absolute atomic E-state index is 0.0446. The van der Waals surface area contributed by atoms with Gasteiger partial charge in [-0.25, -0.2) is 4.79 Å². The largest absolute Gasteiger partial charge is 0.496 e. The maximum absolute atomic E-state index is 12.8. The zero-order valence-corrected chi connectivity index (χ0v) is 17.0. The number of aromatic amines is 1. The van der Waals surface area contributed by atoms with Crippen molar-refractivity contribution in [1.82, 2.24) is 19.4 Å². The van der Waals surface area contributed by atoms with Crippen molar-refractivity contribution in [3.05, 3.63) is 63.5 Å². The second kappa shape index (κ2) is 8.31. The quantitative estimate of drug-likeness (QED) is 0.695. The first-order chi connectivity index (χ1) is 14.0. The van der Waals surface area contributed by atoms with Crippen LogP contribution in [-0.4, -0.2) is 58.5 Å². The van der Waals surface area contributed by atoms with Gasteiger partial charge in [0, 0.05) is 43.3 Å². The second-order valence-corrected chi connectivity index (χ2v) is 7.58. The first-order valence-electron chi connectivity index (χ1n) is 9.55. The highest BCUT2D eigenvalue weighted by Gasteiger charge is 2.23. The molecule has 1 N–H and O–H groups in total. The molecule has 1 aliphatic heterocycles. The van der Waals surface area contributed by atoms with Crippen molar-refractivity contribution in [2.45, 2.75) is 13.1 Å². The Labute approximate surface area is 173 Å². The van der Waals surface area contributed by atoms with E-state index in [4.69, 9.17) is 16.3 Å². The van der Waals surface area contributed by atoms with Crippen molar-refractivity contribution in [3.63, 3.8) is 0 Å². The molecule has 0 aliphatic carbocycles.